The van der Waals surface area contributed by atoms with E-state index in [1.807, 2.05) is 13.8 Å². The number of aromatic nitrogens is 1. The molecule has 0 radical (unpaired) electrons. The Kier molecular flexibility index (Phi) is 5.98. The summed E-state index contributed by atoms with van der Waals surface area (Å²) in [7, 11) is 0. The molecule has 1 saturated heterocycles. The van der Waals surface area contributed by atoms with E-state index in [1.54, 1.807) is 4.90 Å². The van der Waals surface area contributed by atoms with Crippen LogP contribution in [0.15, 0.2) is 10.9 Å². The molecular formula is C19H28ClN3O3. The van der Waals surface area contributed by atoms with Crippen molar-refractivity contribution in [1.82, 2.24) is 9.88 Å². The summed E-state index contributed by atoms with van der Waals surface area (Å²) in [6, 6.07) is 1.45. The van der Waals surface area contributed by atoms with Gasteiger partial charge < -0.3 is 15.6 Å². The van der Waals surface area contributed by atoms with Gasteiger partial charge in [0.25, 0.3) is 11.5 Å². The zero-order valence-corrected chi connectivity index (χ0v) is 16.4. The number of pyridine rings is 1. The molecule has 1 fully saturated rings. The Morgan fingerprint density at radius 1 is 1.35 bits per heavy atom. The second-order valence-electron chi connectivity index (χ2n) is 8.36. The standard InChI is InChI=1S/C19H27N3O3.ClH/c1-11-4-5-22(12(6-11)10-20)18(25)14-7-13-15(21-17(14)24)8-19(2,3)9-16(13)23;/h7,11-12H,4-6,8-10,20H2,1-3H3,(H,21,24);1H. The molecule has 3 rings (SSSR count). The summed E-state index contributed by atoms with van der Waals surface area (Å²) in [5.41, 5.74) is 6.43. The summed E-state index contributed by atoms with van der Waals surface area (Å²) in [6.45, 7) is 7.14. The van der Waals surface area contributed by atoms with E-state index in [0.29, 0.717) is 43.1 Å². The number of likely N-dealkylation sites (tertiary alicyclic amines) is 1. The van der Waals surface area contributed by atoms with Crippen LogP contribution >= 0.6 is 12.4 Å². The number of rotatable bonds is 2. The van der Waals surface area contributed by atoms with Gasteiger partial charge in [-0.05, 0) is 36.7 Å². The molecule has 1 amide bonds. The Morgan fingerprint density at radius 2 is 2.04 bits per heavy atom. The SMILES string of the molecule is CC1CCN(C(=O)c2cc3c([nH]c2=O)CC(C)(C)CC3=O)C(CN)C1.Cl. The normalized spacial score (nSPS) is 24.6. The number of ketones is 1. The fraction of sp³-hybridized carbons (Fsp3) is 0.632. The number of amides is 1. The van der Waals surface area contributed by atoms with Crippen LogP contribution in [0.4, 0.5) is 0 Å². The van der Waals surface area contributed by atoms with Crippen LogP contribution in [0.25, 0.3) is 0 Å². The maximum atomic E-state index is 13.0. The predicted molar refractivity (Wildman–Crippen MR) is 103 cm³/mol. The molecule has 1 aromatic rings. The van der Waals surface area contributed by atoms with E-state index in [0.717, 1.165) is 12.8 Å². The minimum atomic E-state index is -0.413. The fourth-order valence-electron chi connectivity index (χ4n) is 4.08. The first-order chi connectivity index (χ1) is 11.7. The second kappa shape index (κ2) is 7.53. The lowest BCUT2D eigenvalue weighted by atomic mass is 9.75. The van der Waals surface area contributed by atoms with E-state index in [4.69, 9.17) is 5.73 Å². The number of carbonyl (C=O) groups excluding carboxylic acids is 2. The predicted octanol–water partition coefficient (Wildman–Crippen LogP) is 2.15. The number of Topliss-reactive ketones (excluding diaryl/α,β-unsaturated/α-hetero) is 1. The van der Waals surface area contributed by atoms with Crippen LogP contribution in [0, 0.1) is 11.3 Å². The molecule has 3 N–H and O–H groups in total. The molecule has 26 heavy (non-hydrogen) atoms. The van der Waals surface area contributed by atoms with Crippen molar-refractivity contribution in [2.24, 2.45) is 17.1 Å². The topological polar surface area (TPSA) is 96.3 Å². The van der Waals surface area contributed by atoms with E-state index < -0.39 is 5.56 Å². The molecule has 1 aliphatic carbocycles. The van der Waals surface area contributed by atoms with Gasteiger partial charge in [0, 0.05) is 36.8 Å². The number of hydrogen-bond acceptors (Lipinski definition) is 4. The molecule has 0 bridgehead atoms. The third-order valence-electron chi connectivity index (χ3n) is 5.46. The summed E-state index contributed by atoms with van der Waals surface area (Å²) in [6.07, 6.45) is 2.80. The number of nitrogens with two attached hydrogens (primary N) is 1. The summed E-state index contributed by atoms with van der Waals surface area (Å²) in [5, 5.41) is 0. The van der Waals surface area contributed by atoms with E-state index >= 15 is 0 Å². The average Bonchev–Trinajstić information content (AvgIpc) is 2.52. The molecule has 6 nitrogen and oxygen atoms in total. The molecule has 7 heteroatoms. The van der Waals surface area contributed by atoms with E-state index in [1.165, 1.54) is 6.07 Å². The third-order valence-corrected chi connectivity index (χ3v) is 5.46. The van der Waals surface area contributed by atoms with Crippen LogP contribution in [-0.2, 0) is 6.42 Å². The van der Waals surface area contributed by atoms with Crippen molar-refractivity contribution >= 4 is 24.1 Å². The van der Waals surface area contributed by atoms with Gasteiger partial charge in [0.2, 0.25) is 0 Å². The highest BCUT2D eigenvalue weighted by Crippen LogP contribution is 2.33. The number of halogens is 1. The molecule has 1 aliphatic heterocycles. The molecule has 0 spiro atoms. The van der Waals surface area contributed by atoms with Gasteiger partial charge in [0.05, 0.1) is 0 Å². The van der Waals surface area contributed by atoms with Crippen LogP contribution in [0.3, 0.4) is 0 Å². The summed E-state index contributed by atoms with van der Waals surface area (Å²) in [5.74, 6) is 0.187. The van der Waals surface area contributed by atoms with E-state index in [2.05, 4.69) is 11.9 Å². The van der Waals surface area contributed by atoms with Crippen molar-refractivity contribution in [1.29, 1.82) is 0 Å². The fourth-order valence-corrected chi connectivity index (χ4v) is 4.08. The Morgan fingerprint density at radius 3 is 2.69 bits per heavy atom. The van der Waals surface area contributed by atoms with Gasteiger partial charge in [0.15, 0.2) is 5.78 Å². The minimum Gasteiger partial charge on any atom is -0.334 e. The molecule has 0 aromatic carbocycles. The smallest absolute Gasteiger partial charge is 0.261 e. The molecule has 2 unspecified atom stereocenters. The lowest BCUT2D eigenvalue weighted by molar-refractivity contribution is 0.0571. The van der Waals surface area contributed by atoms with Gasteiger partial charge >= 0.3 is 0 Å². The molecule has 0 saturated carbocycles. The number of nitrogens with zero attached hydrogens (tertiary/aromatic N) is 1. The van der Waals surface area contributed by atoms with Crippen LogP contribution in [0.1, 0.15) is 66.4 Å². The van der Waals surface area contributed by atoms with Crippen molar-refractivity contribution in [2.45, 2.75) is 52.5 Å². The number of carbonyl (C=O) groups is 2. The van der Waals surface area contributed by atoms with Crippen molar-refractivity contribution in [3.8, 4) is 0 Å². The minimum absolute atomic E-state index is 0. The van der Waals surface area contributed by atoms with Crippen molar-refractivity contribution in [2.75, 3.05) is 13.1 Å². The van der Waals surface area contributed by atoms with Gasteiger partial charge in [-0.3, -0.25) is 14.4 Å². The Bertz CT molecular complexity index is 772. The zero-order chi connectivity index (χ0) is 18.4. The number of aromatic amines is 1. The molecular weight excluding hydrogens is 354 g/mol. The van der Waals surface area contributed by atoms with Crippen molar-refractivity contribution < 1.29 is 9.59 Å². The molecule has 144 valence electrons. The number of hydrogen-bond donors (Lipinski definition) is 2. The number of H-pyrrole nitrogens is 1. The highest BCUT2D eigenvalue weighted by Gasteiger charge is 2.35. The second-order valence-corrected chi connectivity index (χ2v) is 8.36. The first kappa shape index (κ1) is 20.6. The maximum Gasteiger partial charge on any atom is 0.261 e. The quantitative estimate of drug-likeness (QED) is 0.820. The van der Waals surface area contributed by atoms with Crippen molar-refractivity contribution in [3.63, 3.8) is 0 Å². The average molecular weight is 382 g/mol. The maximum absolute atomic E-state index is 13.0. The van der Waals surface area contributed by atoms with Gasteiger partial charge in [-0.15, -0.1) is 12.4 Å². The first-order valence-electron chi connectivity index (χ1n) is 9.02. The summed E-state index contributed by atoms with van der Waals surface area (Å²) >= 11 is 0. The summed E-state index contributed by atoms with van der Waals surface area (Å²) < 4.78 is 0. The van der Waals surface area contributed by atoms with Crippen LogP contribution in [0.5, 0.6) is 0 Å². The molecule has 2 atom stereocenters. The largest absolute Gasteiger partial charge is 0.334 e. The van der Waals surface area contributed by atoms with Gasteiger partial charge in [-0.2, -0.15) is 0 Å². The Balaban J connectivity index is 0.00000243. The van der Waals surface area contributed by atoms with Crippen LogP contribution < -0.4 is 11.3 Å². The highest BCUT2D eigenvalue weighted by molar-refractivity contribution is 6.02. The number of nitrogens with one attached hydrogen (secondary N) is 1. The lowest BCUT2D eigenvalue weighted by Gasteiger charge is -2.38. The highest BCUT2D eigenvalue weighted by atomic mass is 35.5. The van der Waals surface area contributed by atoms with Crippen LogP contribution in [-0.4, -0.2) is 40.7 Å². The van der Waals surface area contributed by atoms with E-state index in [-0.39, 0.29) is 41.1 Å². The molecule has 2 heterocycles. The Hall–Kier alpha value is -1.66. The number of piperidine rings is 1. The number of fused-ring (bicyclic) bond motifs is 1. The third kappa shape index (κ3) is 3.86. The lowest BCUT2D eigenvalue weighted by Crippen LogP contribution is -2.50. The van der Waals surface area contributed by atoms with E-state index in [9.17, 15) is 14.4 Å². The monoisotopic (exact) mass is 381 g/mol. The molecule has 2 aliphatic rings. The van der Waals surface area contributed by atoms with Crippen molar-refractivity contribution in [3.05, 3.63) is 33.2 Å². The first-order valence-corrected chi connectivity index (χ1v) is 9.02. The zero-order valence-electron chi connectivity index (χ0n) is 15.6. The van der Waals surface area contributed by atoms with Gasteiger partial charge in [-0.25, -0.2) is 0 Å². The van der Waals surface area contributed by atoms with Gasteiger partial charge in [-0.1, -0.05) is 20.8 Å². The van der Waals surface area contributed by atoms with Gasteiger partial charge in [0.1, 0.15) is 5.56 Å². The summed E-state index contributed by atoms with van der Waals surface area (Å²) in [4.78, 5) is 42.4. The van der Waals surface area contributed by atoms with Crippen LogP contribution in [0.2, 0.25) is 0 Å². The Labute approximate surface area is 159 Å². The molecule has 1 aromatic heterocycles.